The molecule has 0 bridgehead atoms. The third-order valence-electron chi connectivity index (χ3n) is 4.79. The van der Waals surface area contributed by atoms with Crippen LogP contribution >= 0.6 is 15.9 Å². The van der Waals surface area contributed by atoms with E-state index in [9.17, 15) is 13.2 Å². The molecule has 170 valence electrons. The number of hydrogen-bond acceptors (Lipinski definition) is 6. The zero-order valence-electron chi connectivity index (χ0n) is 17.3. The maximum absolute atomic E-state index is 13.2. The number of ether oxygens (including phenoxy) is 2. The highest BCUT2D eigenvalue weighted by molar-refractivity contribution is 9.10. The fraction of sp³-hybridized carbons (Fsp3) is 0.130. The Morgan fingerprint density at radius 2 is 1.67 bits per heavy atom. The Kier molecular flexibility index (Phi) is 7.07. The molecule has 10 heteroatoms. The molecule has 1 amide bonds. The molecular weight excluding hydrogens is 510 g/mol. The van der Waals surface area contributed by atoms with E-state index >= 15 is 0 Å². The largest absolute Gasteiger partial charge is 0.454 e. The van der Waals surface area contributed by atoms with Gasteiger partial charge in [0.25, 0.3) is 5.91 Å². The molecule has 0 radical (unpaired) electrons. The Labute approximate surface area is 200 Å². The first-order valence-corrected chi connectivity index (χ1v) is 12.2. The zero-order chi connectivity index (χ0) is 23.3. The van der Waals surface area contributed by atoms with Gasteiger partial charge in [-0.25, -0.2) is 13.8 Å². The molecule has 4 rings (SSSR count). The number of nitrogens with one attached hydrogen (secondary N) is 1. The van der Waals surface area contributed by atoms with Gasteiger partial charge in [0, 0.05) is 16.6 Å². The van der Waals surface area contributed by atoms with Crippen molar-refractivity contribution >= 4 is 38.1 Å². The quantitative estimate of drug-likeness (QED) is 0.355. The molecule has 8 nitrogen and oxygen atoms in total. The van der Waals surface area contributed by atoms with Crippen LogP contribution in [-0.4, -0.2) is 38.2 Å². The van der Waals surface area contributed by atoms with Gasteiger partial charge in [0.15, 0.2) is 11.5 Å². The predicted octanol–water partition coefficient (Wildman–Crippen LogP) is 3.52. The molecule has 0 aliphatic carbocycles. The maximum atomic E-state index is 13.2. The lowest BCUT2D eigenvalue weighted by molar-refractivity contribution is -0.121. The SMILES string of the molecule is O=C(CN(Cc1ccccc1)S(=O)(=O)c1ccccc1)N/N=C\c1cc2c(cc1Br)OCO2. The van der Waals surface area contributed by atoms with E-state index in [0.717, 1.165) is 9.87 Å². The molecule has 0 fully saturated rings. The first-order valence-electron chi connectivity index (χ1n) is 9.93. The molecule has 33 heavy (non-hydrogen) atoms. The highest BCUT2D eigenvalue weighted by Crippen LogP contribution is 2.36. The van der Waals surface area contributed by atoms with E-state index in [-0.39, 0.29) is 18.2 Å². The van der Waals surface area contributed by atoms with Gasteiger partial charge in [-0.05, 0) is 45.8 Å². The molecule has 3 aromatic carbocycles. The van der Waals surface area contributed by atoms with Crippen LogP contribution in [0.25, 0.3) is 0 Å². The zero-order valence-corrected chi connectivity index (χ0v) is 19.8. The lowest BCUT2D eigenvalue weighted by Gasteiger charge is -2.21. The van der Waals surface area contributed by atoms with Crippen LogP contribution in [0.1, 0.15) is 11.1 Å². The van der Waals surface area contributed by atoms with Crippen molar-refractivity contribution in [2.24, 2.45) is 5.10 Å². The molecule has 0 atom stereocenters. The standard InChI is InChI=1S/C23H20BrN3O5S/c24-20-12-22-21(31-16-32-22)11-18(20)13-25-26-23(28)15-27(14-17-7-3-1-4-8-17)33(29,30)19-9-5-2-6-10-19/h1-13H,14-16H2,(H,26,28)/b25-13-. The van der Waals surface area contributed by atoms with Crippen LogP contribution in [0.15, 0.2) is 87.3 Å². The first kappa shape index (κ1) is 23.0. The molecule has 0 saturated carbocycles. The highest BCUT2D eigenvalue weighted by Gasteiger charge is 2.26. The van der Waals surface area contributed by atoms with Gasteiger partial charge in [-0.15, -0.1) is 0 Å². The van der Waals surface area contributed by atoms with E-state index in [4.69, 9.17) is 9.47 Å². The van der Waals surface area contributed by atoms with Crippen LogP contribution in [0.4, 0.5) is 0 Å². The minimum atomic E-state index is -3.90. The minimum Gasteiger partial charge on any atom is -0.454 e. The summed E-state index contributed by atoms with van der Waals surface area (Å²) in [6.45, 7) is -0.207. The molecule has 3 aromatic rings. The van der Waals surface area contributed by atoms with Crippen molar-refractivity contribution in [3.8, 4) is 11.5 Å². The van der Waals surface area contributed by atoms with Crippen molar-refractivity contribution in [1.82, 2.24) is 9.73 Å². The molecule has 0 unspecified atom stereocenters. The summed E-state index contributed by atoms with van der Waals surface area (Å²) in [6, 6.07) is 20.6. The summed E-state index contributed by atoms with van der Waals surface area (Å²) in [5.74, 6) is 0.623. The lowest BCUT2D eigenvalue weighted by Crippen LogP contribution is -2.39. The van der Waals surface area contributed by atoms with Crippen LogP contribution in [0.3, 0.4) is 0 Å². The van der Waals surface area contributed by atoms with Crippen molar-refractivity contribution in [2.75, 3.05) is 13.3 Å². The summed E-state index contributed by atoms with van der Waals surface area (Å²) in [4.78, 5) is 12.7. The van der Waals surface area contributed by atoms with Crippen molar-refractivity contribution in [3.63, 3.8) is 0 Å². The molecule has 0 saturated heterocycles. The molecule has 1 N–H and O–H groups in total. The van der Waals surface area contributed by atoms with Gasteiger partial charge in [0.05, 0.1) is 17.7 Å². The summed E-state index contributed by atoms with van der Waals surface area (Å²) in [5.41, 5.74) is 3.82. The van der Waals surface area contributed by atoms with Gasteiger partial charge in [0.1, 0.15) is 0 Å². The molecule has 1 aliphatic rings. The number of benzene rings is 3. The van der Waals surface area contributed by atoms with E-state index in [1.54, 1.807) is 42.5 Å². The predicted molar refractivity (Wildman–Crippen MR) is 126 cm³/mol. The summed E-state index contributed by atoms with van der Waals surface area (Å²) in [6.07, 6.45) is 1.44. The van der Waals surface area contributed by atoms with Gasteiger partial charge in [0.2, 0.25) is 16.8 Å². The number of carbonyl (C=O) groups excluding carboxylic acids is 1. The number of halogens is 1. The number of fused-ring (bicyclic) bond motifs is 1. The van der Waals surface area contributed by atoms with Crippen molar-refractivity contribution in [1.29, 1.82) is 0 Å². The number of sulfonamides is 1. The van der Waals surface area contributed by atoms with Crippen molar-refractivity contribution in [3.05, 3.63) is 88.4 Å². The van der Waals surface area contributed by atoms with Crippen molar-refractivity contribution < 1.29 is 22.7 Å². The monoisotopic (exact) mass is 529 g/mol. The van der Waals surface area contributed by atoms with E-state index in [0.29, 0.717) is 21.5 Å². The van der Waals surface area contributed by atoms with Crippen LogP contribution in [-0.2, 0) is 21.4 Å². The summed E-state index contributed by atoms with van der Waals surface area (Å²) < 4.78 is 38.9. The van der Waals surface area contributed by atoms with Crippen LogP contribution < -0.4 is 14.9 Å². The second-order valence-electron chi connectivity index (χ2n) is 7.09. The highest BCUT2D eigenvalue weighted by atomic mass is 79.9. The normalized spacial score (nSPS) is 12.9. The first-order chi connectivity index (χ1) is 15.9. The Morgan fingerprint density at radius 3 is 2.36 bits per heavy atom. The Hall–Kier alpha value is -3.21. The molecule has 0 aromatic heterocycles. The summed E-state index contributed by atoms with van der Waals surface area (Å²) >= 11 is 3.42. The molecule has 0 spiro atoms. The van der Waals surface area contributed by atoms with Gasteiger partial charge in [-0.2, -0.15) is 9.41 Å². The second-order valence-corrected chi connectivity index (χ2v) is 9.88. The van der Waals surface area contributed by atoms with Crippen LogP contribution in [0.2, 0.25) is 0 Å². The van der Waals surface area contributed by atoms with Gasteiger partial charge >= 0.3 is 0 Å². The van der Waals surface area contributed by atoms with Crippen LogP contribution in [0, 0.1) is 0 Å². The molecular formula is C23H20BrN3O5S. The summed E-state index contributed by atoms with van der Waals surface area (Å²) in [7, 11) is -3.90. The topological polar surface area (TPSA) is 97.3 Å². The third kappa shape index (κ3) is 5.59. The average molecular weight is 530 g/mol. The number of hydrogen-bond donors (Lipinski definition) is 1. The van der Waals surface area contributed by atoms with Crippen LogP contribution in [0.5, 0.6) is 11.5 Å². The Balaban J connectivity index is 1.49. The smallest absolute Gasteiger partial charge is 0.255 e. The average Bonchev–Trinajstić information content (AvgIpc) is 3.27. The Morgan fingerprint density at radius 1 is 1.03 bits per heavy atom. The maximum Gasteiger partial charge on any atom is 0.255 e. The number of rotatable bonds is 8. The molecule has 1 aliphatic heterocycles. The van der Waals surface area contributed by atoms with E-state index < -0.39 is 22.5 Å². The van der Waals surface area contributed by atoms with Crippen molar-refractivity contribution in [2.45, 2.75) is 11.4 Å². The Bertz CT molecular complexity index is 1270. The second kappa shape index (κ2) is 10.2. The number of amides is 1. The van der Waals surface area contributed by atoms with E-state index in [2.05, 4.69) is 26.5 Å². The third-order valence-corrected chi connectivity index (χ3v) is 7.28. The van der Waals surface area contributed by atoms with Gasteiger partial charge in [-0.3, -0.25) is 4.79 Å². The summed E-state index contributed by atoms with van der Waals surface area (Å²) in [5, 5.41) is 3.97. The van der Waals surface area contributed by atoms with E-state index in [1.807, 2.05) is 18.2 Å². The molecule has 1 heterocycles. The number of hydrazone groups is 1. The lowest BCUT2D eigenvalue weighted by atomic mass is 10.2. The van der Waals surface area contributed by atoms with E-state index in [1.165, 1.54) is 18.3 Å². The fourth-order valence-electron chi connectivity index (χ4n) is 3.16. The minimum absolute atomic E-state index is 0.0446. The van der Waals surface area contributed by atoms with Gasteiger partial charge < -0.3 is 9.47 Å². The van der Waals surface area contributed by atoms with Gasteiger partial charge in [-0.1, -0.05) is 48.5 Å². The number of carbonyl (C=O) groups is 1. The number of nitrogens with zero attached hydrogens (tertiary/aromatic N) is 2. The fourth-order valence-corrected chi connectivity index (χ4v) is 4.99.